The molecule has 0 aliphatic carbocycles. The van der Waals surface area contributed by atoms with Crippen molar-refractivity contribution in [2.45, 2.75) is 12.3 Å². The van der Waals surface area contributed by atoms with Crippen LogP contribution in [0.1, 0.15) is 23.6 Å². The van der Waals surface area contributed by atoms with Crippen LogP contribution < -0.4 is 11.5 Å². The molecule has 1 atom stereocenters. The summed E-state index contributed by atoms with van der Waals surface area (Å²) in [6.07, 6.45) is 0. The summed E-state index contributed by atoms with van der Waals surface area (Å²) in [7, 11) is 0. The summed E-state index contributed by atoms with van der Waals surface area (Å²) in [5.74, 6) is -0.930. The van der Waals surface area contributed by atoms with Gasteiger partial charge in [0.15, 0.2) is 0 Å². The minimum absolute atomic E-state index is 0.00299. The van der Waals surface area contributed by atoms with Gasteiger partial charge in [-0.1, -0.05) is 36.4 Å². The molecule has 0 aliphatic heterocycles. The number of hydrogen-bond acceptors (Lipinski definition) is 3. The SMILES string of the molecule is CC(C(=O)O)(c1ccc(N)cc1)c1ccc2cc(C(=N)N)ccc2c1. The average molecular weight is 333 g/mol. The second-order valence-corrected chi connectivity index (χ2v) is 6.24. The van der Waals surface area contributed by atoms with E-state index in [0.29, 0.717) is 22.4 Å². The number of rotatable bonds is 4. The number of nitrogens with one attached hydrogen (secondary N) is 1. The van der Waals surface area contributed by atoms with Crippen molar-refractivity contribution in [3.05, 3.63) is 77.4 Å². The summed E-state index contributed by atoms with van der Waals surface area (Å²) in [5.41, 5.74) is 12.6. The lowest BCUT2D eigenvalue weighted by molar-refractivity contribution is -0.141. The summed E-state index contributed by atoms with van der Waals surface area (Å²) in [6.45, 7) is 1.69. The second-order valence-electron chi connectivity index (χ2n) is 6.24. The Morgan fingerprint density at radius 3 is 2.12 bits per heavy atom. The number of aliphatic carboxylic acids is 1. The second kappa shape index (κ2) is 5.94. The Kier molecular flexibility index (Phi) is 3.93. The van der Waals surface area contributed by atoms with Gasteiger partial charge in [0.25, 0.3) is 0 Å². The summed E-state index contributed by atoms with van der Waals surface area (Å²) >= 11 is 0. The molecule has 0 radical (unpaired) electrons. The van der Waals surface area contributed by atoms with Crippen LogP contribution in [0.5, 0.6) is 0 Å². The maximum Gasteiger partial charge on any atom is 0.318 e. The van der Waals surface area contributed by atoms with E-state index in [1.807, 2.05) is 24.3 Å². The third-order valence-electron chi connectivity index (χ3n) is 4.64. The molecule has 0 saturated carbocycles. The Morgan fingerprint density at radius 1 is 0.960 bits per heavy atom. The van der Waals surface area contributed by atoms with Gasteiger partial charge in [0.1, 0.15) is 11.3 Å². The maximum absolute atomic E-state index is 12.1. The molecule has 0 aromatic heterocycles. The zero-order valence-corrected chi connectivity index (χ0v) is 13.8. The van der Waals surface area contributed by atoms with E-state index in [1.54, 1.807) is 43.3 Å². The molecule has 0 aliphatic rings. The van der Waals surface area contributed by atoms with E-state index in [9.17, 15) is 9.90 Å². The largest absolute Gasteiger partial charge is 0.480 e. The molecule has 5 nitrogen and oxygen atoms in total. The monoisotopic (exact) mass is 333 g/mol. The van der Waals surface area contributed by atoms with Crippen LogP contribution in [-0.2, 0) is 10.2 Å². The zero-order valence-electron chi connectivity index (χ0n) is 13.8. The van der Waals surface area contributed by atoms with E-state index in [2.05, 4.69) is 0 Å². The first-order chi connectivity index (χ1) is 11.8. The van der Waals surface area contributed by atoms with Gasteiger partial charge in [0.2, 0.25) is 0 Å². The smallest absolute Gasteiger partial charge is 0.318 e. The Bertz CT molecular complexity index is 980. The Morgan fingerprint density at radius 2 is 1.52 bits per heavy atom. The minimum atomic E-state index is -1.19. The van der Waals surface area contributed by atoms with Crippen molar-refractivity contribution < 1.29 is 9.90 Å². The predicted octanol–water partition coefficient (Wildman–Crippen LogP) is 3.10. The van der Waals surface area contributed by atoms with Crippen molar-refractivity contribution >= 4 is 28.3 Å². The van der Waals surface area contributed by atoms with E-state index in [0.717, 1.165) is 10.8 Å². The van der Waals surface area contributed by atoms with E-state index in [-0.39, 0.29) is 5.84 Å². The summed E-state index contributed by atoms with van der Waals surface area (Å²) in [6, 6.07) is 17.8. The molecular formula is C20H19N3O2. The molecule has 3 aromatic rings. The highest BCUT2D eigenvalue weighted by molar-refractivity contribution is 5.99. The molecule has 25 heavy (non-hydrogen) atoms. The molecule has 6 N–H and O–H groups in total. The summed E-state index contributed by atoms with van der Waals surface area (Å²) in [5, 5.41) is 19.2. The predicted molar refractivity (Wildman–Crippen MR) is 99.9 cm³/mol. The van der Waals surface area contributed by atoms with Gasteiger partial charge in [-0.3, -0.25) is 10.2 Å². The standard InChI is InChI=1S/C20H19N3O2/c1-20(19(24)25,15-6-8-17(21)9-7-15)16-5-4-12-10-14(18(22)23)3-2-13(12)11-16/h2-11H,21H2,1H3,(H3,22,23)(H,24,25). The first kappa shape index (κ1) is 16.5. The number of benzene rings is 3. The molecule has 3 aromatic carbocycles. The molecule has 3 rings (SSSR count). The highest BCUT2D eigenvalue weighted by Gasteiger charge is 2.37. The number of carbonyl (C=O) groups is 1. The van der Waals surface area contributed by atoms with Crippen molar-refractivity contribution in [2.75, 3.05) is 5.73 Å². The molecule has 0 heterocycles. The third kappa shape index (κ3) is 2.80. The molecule has 126 valence electrons. The van der Waals surface area contributed by atoms with Crippen LogP contribution in [0.25, 0.3) is 10.8 Å². The van der Waals surface area contributed by atoms with Crippen LogP contribution in [0.15, 0.2) is 60.7 Å². The van der Waals surface area contributed by atoms with E-state index >= 15 is 0 Å². The fraction of sp³-hybridized carbons (Fsp3) is 0.100. The van der Waals surface area contributed by atoms with Crippen molar-refractivity contribution in [1.82, 2.24) is 0 Å². The average Bonchev–Trinajstić information content (AvgIpc) is 2.60. The van der Waals surface area contributed by atoms with Crippen LogP contribution in [0.2, 0.25) is 0 Å². The first-order valence-electron chi connectivity index (χ1n) is 7.80. The van der Waals surface area contributed by atoms with Crippen molar-refractivity contribution in [1.29, 1.82) is 5.41 Å². The lowest BCUT2D eigenvalue weighted by Crippen LogP contribution is -2.33. The molecule has 1 unspecified atom stereocenters. The maximum atomic E-state index is 12.1. The number of carboxylic acid groups (broad SMARTS) is 1. The van der Waals surface area contributed by atoms with E-state index in [1.165, 1.54) is 0 Å². The van der Waals surface area contributed by atoms with Crippen molar-refractivity contribution in [2.24, 2.45) is 5.73 Å². The minimum Gasteiger partial charge on any atom is -0.480 e. The molecule has 0 saturated heterocycles. The fourth-order valence-electron chi connectivity index (χ4n) is 2.95. The number of hydrogen-bond donors (Lipinski definition) is 4. The topological polar surface area (TPSA) is 113 Å². The Hall–Kier alpha value is -3.34. The number of carboxylic acids is 1. The number of amidine groups is 1. The van der Waals surface area contributed by atoms with Gasteiger partial charge in [-0.05, 0) is 53.1 Å². The van der Waals surface area contributed by atoms with Gasteiger partial charge in [0, 0.05) is 11.3 Å². The molecule has 0 amide bonds. The number of nitrogen functional groups attached to an aromatic ring is 2. The summed E-state index contributed by atoms with van der Waals surface area (Å²) in [4.78, 5) is 12.1. The van der Waals surface area contributed by atoms with Crippen LogP contribution in [0.3, 0.4) is 0 Å². The van der Waals surface area contributed by atoms with Gasteiger partial charge in [-0.2, -0.15) is 0 Å². The fourth-order valence-corrected chi connectivity index (χ4v) is 2.95. The molecule has 0 spiro atoms. The third-order valence-corrected chi connectivity index (χ3v) is 4.64. The molecule has 0 bridgehead atoms. The lowest BCUT2D eigenvalue weighted by atomic mass is 9.75. The van der Waals surface area contributed by atoms with Crippen LogP contribution in [0.4, 0.5) is 5.69 Å². The lowest BCUT2D eigenvalue weighted by Gasteiger charge is -2.26. The van der Waals surface area contributed by atoms with Gasteiger partial charge >= 0.3 is 5.97 Å². The highest BCUT2D eigenvalue weighted by Crippen LogP contribution is 2.34. The number of anilines is 1. The zero-order chi connectivity index (χ0) is 18.2. The van der Waals surface area contributed by atoms with Crippen molar-refractivity contribution in [3.8, 4) is 0 Å². The quantitative estimate of drug-likeness (QED) is 0.334. The van der Waals surface area contributed by atoms with Gasteiger partial charge < -0.3 is 16.6 Å². The number of nitrogens with two attached hydrogens (primary N) is 2. The van der Waals surface area contributed by atoms with Crippen LogP contribution in [0, 0.1) is 5.41 Å². The first-order valence-corrected chi connectivity index (χ1v) is 7.80. The Labute approximate surface area is 145 Å². The summed E-state index contributed by atoms with van der Waals surface area (Å²) < 4.78 is 0. The van der Waals surface area contributed by atoms with E-state index < -0.39 is 11.4 Å². The molecule has 0 fully saturated rings. The van der Waals surface area contributed by atoms with Crippen LogP contribution >= 0.6 is 0 Å². The Balaban J connectivity index is 2.16. The van der Waals surface area contributed by atoms with Gasteiger partial charge in [-0.15, -0.1) is 0 Å². The molecular weight excluding hydrogens is 314 g/mol. The van der Waals surface area contributed by atoms with Crippen LogP contribution in [-0.4, -0.2) is 16.9 Å². The number of fused-ring (bicyclic) bond motifs is 1. The van der Waals surface area contributed by atoms with Gasteiger partial charge in [-0.25, -0.2) is 0 Å². The highest BCUT2D eigenvalue weighted by atomic mass is 16.4. The molecule has 5 heteroatoms. The normalized spacial score (nSPS) is 13.3. The van der Waals surface area contributed by atoms with E-state index in [4.69, 9.17) is 16.9 Å². The van der Waals surface area contributed by atoms with Gasteiger partial charge in [0.05, 0.1) is 0 Å². The van der Waals surface area contributed by atoms with Crippen molar-refractivity contribution in [3.63, 3.8) is 0 Å².